The van der Waals surface area contributed by atoms with Crippen LogP contribution in [0.4, 0.5) is 10.3 Å². The molecule has 17 heavy (non-hydrogen) atoms. The standard InChI is InChI=1S/C13H16FN3/c1-8-4-2-6-10(8)17-11-7-3-5-9(14)12(11)16-13(17)15/h3,5,7-8,10H,2,4,6H2,1H3,(H2,15,16). The predicted octanol–water partition coefficient (Wildman–Crippen LogP) is 3.12. The summed E-state index contributed by atoms with van der Waals surface area (Å²) >= 11 is 0. The van der Waals surface area contributed by atoms with Crippen molar-refractivity contribution in [1.29, 1.82) is 0 Å². The Balaban J connectivity index is 2.22. The maximum absolute atomic E-state index is 13.6. The highest BCUT2D eigenvalue weighted by molar-refractivity contribution is 5.79. The van der Waals surface area contributed by atoms with Gasteiger partial charge in [0.15, 0.2) is 5.82 Å². The highest BCUT2D eigenvalue weighted by Crippen LogP contribution is 2.39. The van der Waals surface area contributed by atoms with Gasteiger partial charge in [-0.1, -0.05) is 19.4 Å². The molecule has 2 aromatic rings. The van der Waals surface area contributed by atoms with Gasteiger partial charge in [0, 0.05) is 6.04 Å². The van der Waals surface area contributed by atoms with Crippen molar-refractivity contribution in [3.05, 3.63) is 24.0 Å². The molecule has 1 saturated carbocycles. The minimum absolute atomic E-state index is 0.293. The molecule has 2 atom stereocenters. The first-order chi connectivity index (χ1) is 8.18. The van der Waals surface area contributed by atoms with Crippen molar-refractivity contribution in [3.63, 3.8) is 0 Å². The number of nitrogen functional groups attached to an aromatic ring is 1. The summed E-state index contributed by atoms with van der Waals surface area (Å²) in [6, 6.07) is 5.40. The van der Waals surface area contributed by atoms with Crippen LogP contribution in [0, 0.1) is 11.7 Å². The van der Waals surface area contributed by atoms with E-state index in [2.05, 4.69) is 11.9 Å². The normalized spacial score (nSPS) is 24.6. The largest absolute Gasteiger partial charge is 0.369 e. The average molecular weight is 233 g/mol. The van der Waals surface area contributed by atoms with E-state index in [4.69, 9.17) is 5.73 Å². The predicted molar refractivity (Wildman–Crippen MR) is 66.2 cm³/mol. The van der Waals surface area contributed by atoms with Crippen LogP contribution in [0.25, 0.3) is 11.0 Å². The number of halogens is 1. The molecule has 0 amide bonds. The Labute approximate surface area is 99.4 Å². The number of anilines is 1. The van der Waals surface area contributed by atoms with E-state index >= 15 is 0 Å². The van der Waals surface area contributed by atoms with Crippen molar-refractivity contribution >= 4 is 17.0 Å². The lowest BCUT2D eigenvalue weighted by Crippen LogP contribution is -2.14. The van der Waals surface area contributed by atoms with E-state index in [1.165, 1.54) is 18.9 Å². The van der Waals surface area contributed by atoms with Crippen molar-refractivity contribution in [2.45, 2.75) is 32.2 Å². The Hall–Kier alpha value is -1.58. The van der Waals surface area contributed by atoms with Gasteiger partial charge in [0.1, 0.15) is 5.52 Å². The van der Waals surface area contributed by atoms with E-state index in [0.29, 0.717) is 23.4 Å². The van der Waals surface area contributed by atoms with Crippen LogP contribution in [0.5, 0.6) is 0 Å². The van der Waals surface area contributed by atoms with Gasteiger partial charge in [-0.3, -0.25) is 0 Å². The van der Waals surface area contributed by atoms with Gasteiger partial charge in [-0.2, -0.15) is 0 Å². The maximum atomic E-state index is 13.6. The number of fused-ring (bicyclic) bond motifs is 1. The first kappa shape index (κ1) is 10.6. The first-order valence-corrected chi connectivity index (χ1v) is 6.10. The number of nitrogens with zero attached hydrogens (tertiary/aromatic N) is 2. The van der Waals surface area contributed by atoms with Crippen LogP contribution in [0.1, 0.15) is 32.2 Å². The lowest BCUT2D eigenvalue weighted by Gasteiger charge is -2.19. The lowest BCUT2D eigenvalue weighted by atomic mass is 10.1. The van der Waals surface area contributed by atoms with E-state index in [9.17, 15) is 4.39 Å². The van der Waals surface area contributed by atoms with Crippen LogP contribution >= 0.6 is 0 Å². The van der Waals surface area contributed by atoms with Gasteiger partial charge in [0.25, 0.3) is 0 Å². The highest BCUT2D eigenvalue weighted by Gasteiger charge is 2.28. The number of benzene rings is 1. The lowest BCUT2D eigenvalue weighted by molar-refractivity contribution is 0.421. The molecule has 1 fully saturated rings. The monoisotopic (exact) mass is 233 g/mol. The molecule has 90 valence electrons. The summed E-state index contributed by atoms with van der Waals surface area (Å²) in [5.74, 6) is 0.723. The molecule has 0 radical (unpaired) electrons. The van der Waals surface area contributed by atoms with Crippen molar-refractivity contribution < 1.29 is 4.39 Å². The minimum atomic E-state index is -0.293. The number of imidazole rings is 1. The number of rotatable bonds is 1. The fourth-order valence-electron chi connectivity index (χ4n) is 2.96. The minimum Gasteiger partial charge on any atom is -0.369 e. The Bertz CT molecular complexity index is 561. The molecule has 3 rings (SSSR count). The Kier molecular flexibility index (Phi) is 2.31. The summed E-state index contributed by atoms with van der Waals surface area (Å²) in [6.07, 6.45) is 3.52. The summed E-state index contributed by atoms with van der Waals surface area (Å²) in [6.45, 7) is 2.22. The molecule has 1 aliphatic carbocycles. The molecule has 2 unspecified atom stereocenters. The van der Waals surface area contributed by atoms with E-state index < -0.39 is 0 Å². The van der Waals surface area contributed by atoms with E-state index in [-0.39, 0.29) is 5.82 Å². The summed E-state index contributed by atoms with van der Waals surface area (Å²) in [5.41, 5.74) is 7.16. The van der Waals surface area contributed by atoms with Crippen molar-refractivity contribution in [1.82, 2.24) is 9.55 Å². The smallest absolute Gasteiger partial charge is 0.201 e. The van der Waals surface area contributed by atoms with Crippen LogP contribution in [-0.4, -0.2) is 9.55 Å². The molecular weight excluding hydrogens is 217 g/mol. The fourth-order valence-corrected chi connectivity index (χ4v) is 2.96. The maximum Gasteiger partial charge on any atom is 0.201 e. The third kappa shape index (κ3) is 1.51. The van der Waals surface area contributed by atoms with Gasteiger partial charge >= 0.3 is 0 Å². The second-order valence-corrected chi connectivity index (χ2v) is 4.92. The molecule has 3 nitrogen and oxygen atoms in total. The molecule has 1 aromatic carbocycles. The van der Waals surface area contributed by atoms with Crippen LogP contribution in [0.3, 0.4) is 0 Å². The molecule has 4 heteroatoms. The zero-order valence-electron chi connectivity index (χ0n) is 9.86. The molecule has 1 heterocycles. The number of aromatic nitrogens is 2. The third-order valence-electron chi connectivity index (χ3n) is 3.85. The third-order valence-corrected chi connectivity index (χ3v) is 3.85. The molecule has 1 aromatic heterocycles. The first-order valence-electron chi connectivity index (χ1n) is 6.10. The molecule has 0 bridgehead atoms. The van der Waals surface area contributed by atoms with Gasteiger partial charge in [-0.25, -0.2) is 9.37 Å². The molecule has 0 spiro atoms. The van der Waals surface area contributed by atoms with Crippen molar-refractivity contribution in [2.75, 3.05) is 5.73 Å². The SMILES string of the molecule is CC1CCCC1n1c(N)nc2c(F)cccc21. The second-order valence-electron chi connectivity index (χ2n) is 4.92. The van der Waals surface area contributed by atoms with Crippen LogP contribution in [-0.2, 0) is 0 Å². The van der Waals surface area contributed by atoms with Crippen molar-refractivity contribution in [3.8, 4) is 0 Å². The Morgan fingerprint density at radius 1 is 1.41 bits per heavy atom. The van der Waals surface area contributed by atoms with Crippen molar-refractivity contribution in [2.24, 2.45) is 5.92 Å². The molecule has 0 aliphatic heterocycles. The highest BCUT2D eigenvalue weighted by atomic mass is 19.1. The van der Waals surface area contributed by atoms with Crippen LogP contribution in [0.2, 0.25) is 0 Å². The number of hydrogen-bond acceptors (Lipinski definition) is 2. The van der Waals surface area contributed by atoms with Gasteiger partial charge < -0.3 is 10.3 Å². The molecule has 0 saturated heterocycles. The van der Waals surface area contributed by atoms with Gasteiger partial charge in [-0.15, -0.1) is 0 Å². The average Bonchev–Trinajstić information content (AvgIpc) is 2.83. The number of para-hydroxylation sites is 1. The summed E-state index contributed by atoms with van der Waals surface area (Å²) in [4.78, 5) is 4.16. The quantitative estimate of drug-likeness (QED) is 0.822. The molecular formula is C13H16FN3. The van der Waals surface area contributed by atoms with Crippen LogP contribution in [0.15, 0.2) is 18.2 Å². The number of nitrogens with two attached hydrogens (primary N) is 1. The number of hydrogen-bond donors (Lipinski definition) is 1. The molecule has 1 aliphatic rings. The van der Waals surface area contributed by atoms with Crippen LogP contribution < -0.4 is 5.73 Å². The summed E-state index contributed by atoms with van der Waals surface area (Å²) in [7, 11) is 0. The van der Waals surface area contributed by atoms with E-state index in [1.807, 2.05) is 10.6 Å². The van der Waals surface area contributed by atoms with Gasteiger partial charge in [-0.05, 0) is 30.9 Å². The zero-order chi connectivity index (χ0) is 12.0. The fraction of sp³-hybridized carbons (Fsp3) is 0.462. The van der Waals surface area contributed by atoms with E-state index in [0.717, 1.165) is 11.9 Å². The second kappa shape index (κ2) is 3.72. The summed E-state index contributed by atoms with van der Waals surface area (Å²) < 4.78 is 15.6. The Morgan fingerprint density at radius 3 is 2.94 bits per heavy atom. The topological polar surface area (TPSA) is 43.8 Å². The zero-order valence-corrected chi connectivity index (χ0v) is 9.86. The van der Waals surface area contributed by atoms with Gasteiger partial charge in [0.2, 0.25) is 5.95 Å². The van der Waals surface area contributed by atoms with Gasteiger partial charge in [0.05, 0.1) is 5.52 Å². The summed E-state index contributed by atoms with van der Waals surface area (Å²) in [5, 5.41) is 0. The Morgan fingerprint density at radius 2 is 2.24 bits per heavy atom. The van der Waals surface area contributed by atoms with E-state index in [1.54, 1.807) is 6.07 Å². The molecule has 2 N–H and O–H groups in total.